The lowest BCUT2D eigenvalue weighted by Gasteiger charge is -2.09. The van der Waals surface area contributed by atoms with Crippen LogP contribution in [0.15, 0.2) is 18.2 Å². The molecule has 0 aliphatic rings. The maximum absolute atomic E-state index is 13.1. The van der Waals surface area contributed by atoms with Crippen LogP contribution in [-0.2, 0) is 4.74 Å². The maximum atomic E-state index is 13.1. The lowest BCUT2D eigenvalue weighted by molar-refractivity contribution is -0.187. The van der Waals surface area contributed by atoms with Gasteiger partial charge in [-0.3, -0.25) is 0 Å². The Labute approximate surface area is 94.2 Å². The molecule has 92 valence electrons. The van der Waals surface area contributed by atoms with Gasteiger partial charge < -0.3 is 9.47 Å². The Morgan fingerprint density at radius 1 is 1.29 bits per heavy atom. The smallest absolute Gasteiger partial charge is 0.411 e. The van der Waals surface area contributed by atoms with E-state index in [0.29, 0.717) is 0 Å². The number of hydrogen-bond acceptors (Lipinski definition) is 3. The molecule has 1 rings (SSSR count). The molecule has 0 fully saturated rings. The Balaban J connectivity index is 2.45. The van der Waals surface area contributed by atoms with Crippen LogP contribution < -0.4 is 4.74 Å². The summed E-state index contributed by atoms with van der Waals surface area (Å²) in [6, 6.07) is 5.05. The standard InChI is InChI=1S/C10H7F4NO2/c11-8-3-7(4-15)1-2-9(8)17-6-16-5-10(12,13)14/h1-3H,5-6H2. The summed E-state index contributed by atoms with van der Waals surface area (Å²) in [4.78, 5) is 0. The molecule has 0 N–H and O–H groups in total. The van der Waals surface area contributed by atoms with Crippen molar-refractivity contribution in [3.63, 3.8) is 0 Å². The van der Waals surface area contributed by atoms with Gasteiger partial charge in [-0.25, -0.2) is 4.39 Å². The van der Waals surface area contributed by atoms with Gasteiger partial charge in [0.2, 0.25) is 0 Å². The Morgan fingerprint density at radius 3 is 2.53 bits per heavy atom. The van der Waals surface area contributed by atoms with Crippen LogP contribution in [0.25, 0.3) is 0 Å². The highest BCUT2D eigenvalue weighted by Gasteiger charge is 2.27. The number of nitriles is 1. The predicted molar refractivity (Wildman–Crippen MR) is 48.6 cm³/mol. The average molecular weight is 249 g/mol. The van der Waals surface area contributed by atoms with Gasteiger partial charge in [-0.15, -0.1) is 0 Å². The third kappa shape index (κ3) is 4.70. The molecule has 0 amide bonds. The number of rotatable bonds is 4. The Morgan fingerprint density at radius 2 is 2.00 bits per heavy atom. The van der Waals surface area contributed by atoms with E-state index in [-0.39, 0.29) is 11.3 Å². The van der Waals surface area contributed by atoms with Gasteiger partial charge in [0, 0.05) is 0 Å². The third-order valence-corrected chi connectivity index (χ3v) is 1.62. The molecular formula is C10H7F4NO2. The van der Waals surface area contributed by atoms with E-state index < -0.39 is 25.4 Å². The first kappa shape index (κ1) is 13.3. The highest BCUT2D eigenvalue weighted by atomic mass is 19.4. The van der Waals surface area contributed by atoms with E-state index >= 15 is 0 Å². The summed E-state index contributed by atoms with van der Waals surface area (Å²) in [7, 11) is 0. The van der Waals surface area contributed by atoms with Gasteiger partial charge in [-0.2, -0.15) is 18.4 Å². The topological polar surface area (TPSA) is 42.2 Å². The van der Waals surface area contributed by atoms with Crippen LogP contribution in [0.3, 0.4) is 0 Å². The third-order valence-electron chi connectivity index (χ3n) is 1.62. The molecule has 0 saturated carbocycles. The number of alkyl halides is 3. The molecule has 0 bridgehead atoms. The number of halogens is 4. The largest absolute Gasteiger partial charge is 0.464 e. The summed E-state index contributed by atoms with van der Waals surface area (Å²) >= 11 is 0. The quantitative estimate of drug-likeness (QED) is 0.468. The molecule has 0 saturated heterocycles. The summed E-state index contributed by atoms with van der Waals surface area (Å²) in [5, 5.41) is 8.45. The van der Waals surface area contributed by atoms with Gasteiger partial charge in [0.15, 0.2) is 18.4 Å². The van der Waals surface area contributed by atoms with Crippen LogP contribution >= 0.6 is 0 Å². The summed E-state index contributed by atoms with van der Waals surface area (Å²) < 4.78 is 56.9. The molecule has 1 aromatic rings. The Bertz CT molecular complexity index is 425. The molecule has 0 aliphatic carbocycles. The molecular weight excluding hydrogens is 242 g/mol. The first-order chi connectivity index (χ1) is 7.92. The lowest BCUT2D eigenvalue weighted by Crippen LogP contribution is -2.19. The molecule has 3 nitrogen and oxygen atoms in total. The summed E-state index contributed by atoms with van der Waals surface area (Å²) in [6.45, 7) is -2.19. The highest BCUT2D eigenvalue weighted by molar-refractivity contribution is 5.35. The van der Waals surface area contributed by atoms with Crippen molar-refractivity contribution in [2.24, 2.45) is 0 Å². The van der Waals surface area contributed by atoms with Gasteiger partial charge in [0.25, 0.3) is 0 Å². The highest BCUT2D eigenvalue weighted by Crippen LogP contribution is 2.19. The van der Waals surface area contributed by atoms with Crippen molar-refractivity contribution < 1.29 is 27.0 Å². The number of nitrogens with zero attached hydrogens (tertiary/aromatic N) is 1. The fraction of sp³-hybridized carbons (Fsp3) is 0.300. The average Bonchev–Trinajstić information content (AvgIpc) is 2.24. The fourth-order valence-electron chi connectivity index (χ4n) is 0.950. The first-order valence-electron chi connectivity index (χ1n) is 4.39. The predicted octanol–water partition coefficient (Wildman–Crippen LogP) is 2.61. The molecule has 0 aromatic heterocycles. The van der Waals surface area contributed by atoms with E-state index in [9.17, 15) is 17.6 Å². The van der Waals surface area contributed by atoms with Crippen molar-refractivity contribution in [1.82, 2.24) is 0 Å². The van der Waals surface area contributed by atoms with Crippen molar-refractivity contribution in [1.29, 1.82) is 5.26 Å². The molecule has 0 spiro atoms. The zero-order chi connectivity index (χ0) is 12.9. The second-order valence-corrected chi connectivity index (χ2v) is 2.98. The minimum Gasteiger partial charge on any atom is -0.464 e. The molecule has 0 atom stereocenters. The molecule has 0 unspecified atom stereocenters. The summed E-state index contributed by atoms with van der Waals surface area (Å²) in [6.07, 6.45) is -4.45. The van der Waals surface area contributed by atoms with E-state index in [4.69, 9.17) is 5.26 Å². The molecule has 0 radical (unpaired) electrons. The van der Waals surface area contributed by atoms with Crippen LogP contribution in [0.1, 0.15) is 5.56 Å². The van der Waals surface area contributed by atoms with Crippen molar-refractivity contribution in [2.75, 3.05) is 13.4 Å². The van der Waals surface area contributed by atoms with E-state index in [2.05, 4.69) is 9.47 Å². The van der Waals surface area contributed by atoms with Gasteiger partial charge >= 0.3 is 6.18 Å². The molecule has 7 heteroatoms. The monoisotopic (exact) mass is 249 g/mol. The van der Waals surface area contributed by atoms with E-state index in [1.54, 1.807) is 6.07 Å². The molecule has 0 heterocycles. The van der Waals surface area contributed by atoms with Gasteiger partial charge in [-0.1, -0.05) is 0 Å². The SMILES string of the molecule is N#Cc1ccc(OCOCC(F)(F)F)c(F)c1. The summed E-state index contributed by atoms with van der Waals surface area (Å²) in [5.74, 6) is -1.11. The van der Waals surface area contributed by atoms with Crippen molar-refractivity contribution in [2.45, 2.75) is 6.18 Å². The minimum absolute atomic E-state index is 0.0889. The van der Waals surface area contributed by atoms with E-state index in [1.165, 1.54) is 6.07 Å². The molecule has 1 aromatic carbocycles. The van der Waals surface area contributed by atoms with Crippen LogP contribution in [-0.4, -0.2) is 19.6 Å². The van der Waals surface area contributed by atoms with Crippen LogP contribution in [0, 0.1) is 17.1 Å². The number of benzene rings is 1. The second kappa shape index (κ2) is 5.50. The fourth-order valence-corrected chi connectivity index (χ4v) is 0.950. The van der Waals surface area contributed by atoms with Gasteiger partial charge in [-0.05, 0) is 18.2 Å². The van der Waals surface area contributed by atoms with Crippen molar-refractivity contribution in [3.8, 4) is 11.8 Å². The van der Waals surface area contributed by atoms with Gasteiger partial charge in [0.05, 0.1) is 11.6 Å². The zero-order valence-electron chi connectivity index (χ0n) is 8.42. The van der Waals surface area contributed by atoms with E-state index in [0.717, 1.165) is 12.1 Å². The second-order valence-electron chi connectivity index (χ2n) is 2.98. The Kier molecular flexibility index (Phi) is 4.29. The Hall–Kier alpha value is -1.81. The van der Waals surface area contributed by atoms with E-state index in [1.807, 2.05) is 0 Å². The van der Waals surface area contributed by atoms with Crippen LogP contribution in [0.4, 0.5) is 17.6 Å². The summed E-state index contributed by atoms with van der Waals surface area (Å²) in [5.41, 5.74) is 0.0889. The molecule has 17 heavy (non-hydrogen) atoms. The van der Waals surface area contributed by atoms with Crippen LogP contribution in [0.2, 0.25) is 0 Å². The van der Waals surface area contributed by atoms with Gasteiger partial charge in [0.1, 0.15) is 6.61 Å². The lowest BCUT2D eigenvalue weighted by atomic mass is 10.2. The number of hydrogen-bond donors (Lipinski definition) is 0. The zero-order valence-corrected chi connectivity index (χ0v) is 8.42. The maximum Gasteiger partial charge on any atom is 0.411 e. The van der Waals surface area contributed by atoms with Crippen LogP contribution in [0.5, 0.6) is 5.75 Å². The normalized spacial score (nSPS) is 11.0. The number of ether oxygens (including phenoxy) is 2. The van der Waals surface area contributed by atoms with Crippen molar-refractivity contribution in [3.05, 3.63) is 29.6 Å². The van der Waals surface area contributed by atoms with Crippen molar-refractivity contribution >= 4 is 0 Å². The minimum atomic E-state index is -4.45. The molecule has 0 aliphatic heterocycles. The first-order valence-corrected chi connectivity index (χ1v) is 4.39.